The summed E-state index contributed by atoms with van der Waals surface area (Å²) in [5.74, 6) is 0.511. The van der Waals surface area contributed by atoms with Crippen LogP contribution >= 0.6 is 0 Å². The molecule has 0 fully saturated rings. The molecule has 1 amide bonds. The third-order valence-corrected chi connectivity index (χ3v) is 2.74. The quantitative estimate of drug-likeness (QED) is 0.599. The molecule has 0 radical (unpaired) electrons. The molecule has 0 aromatic carbocycles. The average molecular weight is 245 g/mol. The van der Waals surface area contributed by atoms with E-state index >= 15 is 0 Å². The topological polar surface area (TPSA) is 47.6 Å². The second-order valence-electron chi connectivity index (χ2n) is 4.47. The van der Waals surface area contributed by atoms with E-state index in [-0.39, 0.29) is 18.6 Å². The molecule has 0 aromatic rings. The van der Waals surface area contributed by atoms with Gasteiger partial charge in [-0.1, -0.05) is 27.2 Å². The Morgan fingerprint density at radius 1 is 1.24 bits per heavy atom. The summed E-state index contributed by atoms with van der Waals surface area (Å²) in [5, 5.41) is 2.76. The van der Waals surface area contributed by atoms with Crippen LogP contribution < -0.4 is 5.32 Å². The molecule has 2 atom stereocenters. The standard InChI is InChI=1S/C13H27NO3/c1-5-11(3)9-16-8-7-14-13(15)10-17-12(4)6-2/h11-12H,5-10H2,1-4H3,(H,14,15). The molecule has 0 spiro atoms. The molecule has 0 heterocycles. The number of carbonyl (C=O) groups excluding carboxylic acids is 1. The van der Waals surface area contributed by atoms with Crippen molar-refractivity contribution in [2.24, 2.45) is 5.92 Å². The maximum absolute atomic E-state index is 11.3. The van der Waals surface area contributed by atoms with Crippen molar-refractivity contribution in [2.45, 2.75) is 46.6 Å². The number of nitrogens with one attached hydrogen (secondary N) is 1. The van der Waals surface area contributed by atoms with E-state index in [1.807, 2.05) is 13.8 Å². The van der Waals surface area contributed by atoms with Gasteiger partial charge < -0.3 is 14.8 Å². The zero-order valence-corrected chi connectivity index (χ0v) is 11.6. The Morgan fingerprint density at radius 3 is 2.53 bits per heavy atom. The van der Waals surface area contributed by atoms with Crippen molar-refractivity contribution >= 4 is 5.91 Å². The Hall–Kier alpha value is -0.610. The van der Waals surface area contributed by atoms with Gasteiger partial charge >= 0.3 is 0 Å². The summed E-state index contributed by atoms with van der Waals surface area (Å²) in [6, 6.07) is 0. The van der Waals surface area contributed by atoms with E-state index in [9.17, 15) is 4.79 Å². The van der Waals surface area contributed by atoms with Gasteiger partial charge in [0.15, 0.2) is 0 Å². The maximum Gasteiger partial charge on any atom is 0.246 e. The van der Waals surface area contributed by atoms with E-state index in [0.29, 0.717) is 19.1 Å². The number of hydrogen-bond acceptors (Lipinski definition) is 3. The minimum Gasteiger partial charge on any atom is -0.379 e. The minimum atomic E-state index is -0.0718. The molecular weight excluding hydrogens is 218 g/mol. The summed E-state index contributed by atoms with van der Waals surface area (Å²) >= 11 is 0. The number of carbonyl (C=O) groups is 1. The van der Waals surface area contributed by atoms with Crippen molar-refractivity contribution in [3.63, 3.8) is 0 Å². The Labute approximate surface area is 105 Å². The zero-order valence-electron chi connectivity index (χ0n) is 11.6. The first-order chi connectivity index (χ1) is 8.10. The first-order valence-corrected chi connectivity index (χ1v) is 6.56. The van der Waals surface area contributed by atoms with Crippen molar-refractivity contribution in [1.82, 2.24) is 5.32 Å². The predicted octanol–water partition coefficient (Wildman–Crippen LogP) is 1.98. The molecule has 0 bridgehead atoms. The van der Waals surface area contributed by atoms with Crippen LogP contribution in [0.1, 0.15) is 40.5 Å². The third kappa shape index (κ3) is 10.3. The van der Waals surface area contributed by atoms with E-state index < -0.39 is 0 Å². The fraction of sp³-hybridized carbons (Fsp3) is 0.923. The minimum absolute atomic E-state index is 0.0718. The van der Waals surface area contributed by atoms with Crippen LogP contribution in [0.2, 0.25) is 0 Å². The van der Waals surface area contributed by atoms with E-state index in [1.54, 1.807) is 0 Å². The van der Waals surface area contributed by atoms with Gasteiger partial charge in [-0.25, -0.2) is 0 Å². The monoisotopic (exact) mass is 245 g/mol. The molecule has 0 saturated heterocycles. The fourth-order valence-electron chi connectivity index (χ4n) is 1.05. The molecular formula is C13H27NO3. The Balaban J connectivity index is 3.33. The van der Waals surface area contributed by atoms with Crippen LogP contribution in [0, 0.1) is 5.92 Å². The van der Waals surface area contributed by atoms with Crippen molar-refractivity contribution in [2.75, 3.05) is 26.4 Å². The van der Waals surface area contributed by atoms with Gasteiger partial charge in [0, 0.05) is 13.2 Å². The van der Waals surface area contributed by atoms with E-state index in [0.717, 1.165) is 19.4 Å². The van der Waals surface area contributed by atoms with Crippen LogP contribution in [0.25, 0.3) is 0 Å². The van der Waals surface area contributed by atoms with E-state index in [4.69, 9.17) is 9.47 Å². The zero-order chi connectivity index (χ0) is 13.1. The second kappa shape index (κ2) is 10.5. The van der Waals surface area contributed by atoms with Crippen molar-refractivity contribution < 1.29 is 14.3 Å². The molecule has 102 valence electrons. The molecule has 0 aliphatic heterocycles. The second-order valence-corrected chi connectivity index (χ2v) is 4.47. The SMILES string of the molecule is CCC(C)COCCNC(=O)COC(C)CC. The predicted molar refractivity (Wildman–Crippen MR) is 69.0 cm³/mol. The molecule has 2 unspecified atom stereocenters. The largest absolute Gasteiger partial charge is 0.379 e. The number of hydrogen-bond donors (Lipinski definition) is 1. The molecule has 0 aromatic heterocycles. The Bertz CT molecular complexity index is 197. The van der Waals surface area contributed by atoms with Crippen molar-refractivity contribution in [3.8, 4) is 0 Å². The molecule has 0 saturated carbocycles. The molecule has 4 nitrogen and oxygen atoms in total. The Kier molecular flexibility index (Phi) is 10.2. The summed E-state index contributed by atoms with van der Waals surface area (Å²) in [6.07, 6.45) is 2.18. The highest BCUT2D eigenvalue weighted by molar-refractivity contribution is 5.77. The molecule has 0 rings (SSSR count). The first-order valence-electron chi connectivity index (χ1n) is 6.56. The highest BCUT2D eigenvalue weighted by Gasteiger charge is 2.04. The average Bonchev–Trinajstić information content (AvgIpc) is 2.34. The van der Waals surface area contributed by atoms with Crippen molar-refractivity contribution in [1.29, 1.82) is 0 Å². The lowest BCUT2D eigenvalue weighted by molar-refractivity contribution is -0.127. The van der Waals surface area contributed by atoms with Crippen LogP contribution in [-0.4, -0.2) is 38.4 Å². The summed E-state index contributed by atoms with van der Waals surface area (Å²) in [6.45, 7) is 10.3. The van der Waals surface area contributed by atoms with Crippen molar-refractivity contribution in [3.05, 3.63) is 0 Å². The summed E-state index contributed by atoms with van der Waals surface area (Å²) in [5.41, 5.74) is 0. The van der Waals surface area contributed by atoms with Gasteiger partial charge in [0.25, 0.3) is 0 Å². The highest BCUT2D eigenvalue weighted by Crippen LogP contribution is 1.99. The summed E-state index contributed by atoms with van der Waals surface area (Å²) < 4.78 is 10.7. The van der Waals surface area contributed by atoms with Gasteiger partial charge in [-0.15, -0.1) is 0 Å². The lowest BCUT2D eigenvalue weighted by Gasteiger charge is -2.12. The fourth-order valence-corrected chi connectivity index (χ4v) is 1.05. The number of ether oxygens (including phenoxy) is 2. The van der Waals surface area contributed by atoms with Gasteiger partial charge in [0.2, 0.25) is 5.91 Å². The van der Waals surface area contributed by atoms with Crippen LogP contribution in [-0.2, 0) is 14.3 Å². The van der Waals surface area contributed by atoms with Crippen LogP contribution in [0.3, 0.4) is 0 Å². The lowest BCUT2D eigenvalue weighted by atomic mass is 10.1. The van der Waals surface area contributed by atoms with Gasteiger partial charge in [-0.05, 0) is 19.3 Å². The normalized spacial score (nSPS) is 14.4. The smallest absolute Gasteiger partial charge is 0.246 e. The molecule has 4 heteroatoms. The highest BCUT2D eigenvalue weighted by atomic mass is 16.5. The van der Waals surface area contributed by atoms with Gasteiger partial charge in [-0.2, -0.15) is 0 Å². The van der Waals surface area contributed by atoms with Crippen LogP contribution in [0.5, 0.6) is 0 Å². The number of rotatable bonds is 10. The van der Waals surface area contributed by atoms with Gasteiger partial charge in [-0.3, -0.25) is 4.79 Å². The summed E-state index contributed by atoms with van der Waals surface area (Å²) in [4.78, 5) is 11.3. The van der Waals surface area contributed by atoms with Crippen LogP contribution in [0.15, 0.2) is 0 Å². The maximum atomic E-state index is 11.3. The van der Waals surface area contributed by atoms with Gasteiger partial charge in [0.1, 0.15) is 6.61 Å². The van der Waals surface area contributed by atoms with Gasteiger partial charge in [0.05, 0.1) is 12.7 Å². The Morgan fingerprint density at radius 2 is 1.94 bits per heavy atom. The van der Waals surface area contributed by atoms with Crippen LogP contribution in [0.4, 0.5) is 0 Å². The molecule has 1 N–H and O–H groups in total. The molecule has 0 aliphatic carbocycles. The lowest BCUT2D eigenvalue weighted by Crippen LogP contribution is -2.32. The third-order valence-electron chi connectivity index (χ3n) is 2.74. The number of amides is 1. The molecule has 17 heavy (non-hydrogen) atoms. The summed E-state index contributed by atoms with van der Waals surface area (Å²) in [7, 11) is 0. The first kappa shape index (κ1) is 16.4. The molecule has 0 aliphatic rings. The van der Waals surface area contributed by atoms with E-state index in [2.05, 4.69) is 19.2 Å². The van der Waals surface area contributed by atoms with E-state index in [1.165, 1.54) is 0 Å².